The summed E-state index contributed by atoms with van der Waals surface area (Å²) in [5, 5.41) is 0.279. The highest BCUT2D eigenvalue weighted by Gasteiger charge is 2.15. The summed E-state index contributed by atoms with van der Waals surface area (Å²) in [6, 6.07) is 3.93. The Morgan fingerprint density at radius 3 is 2.75 bits per heavy atom. The smallest absolute Gasteiger partial charge is 0.194 e. The van der Waals surface area contributed by atoms with Crippen molar-refractivity contribution in [2.75, 3.05) is 7.11 Å². The van der Waals surface area contributed by atoms with Gasteiger partial charge in [-0.2, -0.15) is 0 Å². The Morgan fingerprint density at radius 2 is 2.12 bits per heavy atom. The van der Waals surface area contributed by atoms with Crippen LogP contribution in [0.25, 0.3) is 10.9 Å². The van der Waals surface area contributed by atoms with Gasteiger partial charge in [-0.1, -0.05) is 6.07 Å². The lowest BCUT2D eigenvalue weighted by atomic mass is 10.2. The standard InChI is InChI=1S/C11H7F2NO2/c1-16-11-8(12)4-6-2-3-7(5-15)14-10(6)9(11)13/h2-5H,1H3. The maximum absolute atomic E-state index is 13.7. The largest absolute Gasteiger partial charge is 0.491 e. The van der Waals surface area contributed by atoms with Crippen molar-refractivity contribution in [1.29, 1.82) is 0 Å². The number of benzene rings is 1. The fourth-order valence-corrected chi connectivity index (χ4v) is 1.44. The van der Waals surface area contributed by atoms with E-state index in [1.165, 1.54) is 12.1 Å². The number of pyridine rings is 1. The second kappa shape index (κ2) is 3.84. The van der Waals surface area contributed by atoms with Crippen LogP contribution in [0.5, 0.6) is 5.75 Å². The van der Waals surface area contributed by atoms with Crippen LogP contribution in [0.2, 0.25) is 0 Å². The number of nitrogens with zero attached hydrogens (tertiary/aromatic N) is 1. The molecule has 1 aromatic heterocycles. The number of fused-ring (bicyclic) bond motifs is 1. The quantitative estimate of drug-likeness (QED) is 0.733. The van der Waals surface area contributed by atoms with Gasteiger partial charge in [0.05, 0.1) is 7.11 Å². The van der Waals surface area contributed by atoms with Gasteiger partial charge in [0.25, 0.3) is 0 Å². The molecule has 0 unspecified atom stereocenters. The summed E-state index contributed by atoms with van der Waals surface area (Å²) in [4.78, 5) is 14.2. The molecule has 0 atom stereocenters. The minimum absolute atomic E-state index is 0.0807. The first kappa shape index (κ1) is 10.5. The third-order valence-corrected chi connectivity index (χ3v) is 2.18. The van der Waals surface area contributed by atoms with Crippen molar-refractivity contribution in [3.8, 4) is 5.75 Å². The molecule has 1 aromatic carbocycles. The van der Waals surface area contributed by atoms with E-state index < -0.39 is 17.4 Å². The molecule has 0 aliphatic carbocycles. The van der Waals surface area contributed by atoms with Crippen LogP contribution >= 0.6 is 0 Å². The highest BCUT2D eigenvalue weighted by Crippen LogP contribution is 2.28. The molecule has 0 saturated carbocycles. The Morgan fingerprint density at radius 1 is 1.38 bits per heavy atom. The summed E-state index contributed by atoms with van der Waals surface area (Å²) in [6.07, 6.45) is 0.495. The zero-order valence-corrected chi connectivity index (χ0v) is 8.33. The molecule has 0 bridgehead atoms. The molecule has 3 nitrogen and oxygen atoms in total. The monoisotopic (exact) mass is 223 g/mol. The van der Waals surface area contributed by atoms with Crippen molar-refractivity contribution in [3.05, 3.63) is 35.5 Å². The molecular formula is C11H7F2NO2. The lowest BCUT2D eigenvalue weighted by Crippen LogP contribution is -1.97. The first-order valence-corrected chi connectivity index (χ1v) is 4.45. The van der Waals surface area contributed by atoms with Crippen molar-refractivity contribution in [2.45, 2.75) is 0 Å². The third-order valence-electron chi connectivity index (χ3n) is 2.18. The maximum Gasteiger partial charge on any atom is 0.194 e. The molecule has 82 valence electrons. The summed E-state index contributed by atoms with van der Waals surface area (Å²) < 4.78 is 31.6. The van der Waals surface area contributed by atoms with Crippen molar-refractivity contribution in [2.24, 2.45) is 0 Å². The summed E-state index contributed by atoms with van der Waals surface area (Å²) in [7, 11) is 1.16. The van der Waals surface area contributed by atoms with E-state index in [1.807, 2.05) is 0 Å². The highest BCUT2D eigenvalue weighted by molar-refractivity contribution is 5.85. The number of aldehydes is 1. The molecule has 0 amide bonds. The molecule has 1 heterocycles. The van der Waals surface area contributed by atoms with Gasteiger partial charge in [-0.05, 0) is 12.1 Å². The van der Waals surface area contributed by atoms with Gasteiger partial charge < -0.3 is 4.74 Å². The molecule has 0 radical (unpaired) electrons. The SMILES string of the molecule is COc1c(F)cc2ccc(C=O)nc2c1F. The Bertz CT molecular complexity index is 569. The van der Waals surface area contributed by atoms with Gasteiger partial charge in [0.2, 0.25) is 0 Å². The summed E-state index contributed by atoms with van der Waals surface area (Å²) >= 11 is 0. The molecule has 5 heteroatoms. The number of methoxy groups -OCH3 is 1. The zero-order chi connectivity index (χ0) is 11.7. The Hall–Kier alpha value is -2.04. The van der Waals surface area contributed by atoms with Crippen molar-refractivity contribution < 1.29 is 18.3 Å². The van der Waals surface area contributed by atoms with E-state index in [2.05, 4.69) is 9.72 Å². The predicted molar refractivity (Wildman–Crippen MR) is 53.6 cm³/mol. The molecule has 0 spiro atoms. The number of carbonyl (C=O) groups is 1. The third kappa shape index (κ3) is 1.50. The van der Waals surface area contributed by atoms with E-state index in [-0.39, 0.29) is 16.6 Å². The lowest BCUT2D eigenvalue weighted by Gasteiger charge is -2.06. The fraction of sp³-hybridized carbons (Fsp3) is 0.0909. The van der Waals surface area contributed by atoms with E-state index >= 15 is 0 Å². The summed E-state index contributed by atoms with van der Waals surface area (Å²) in [5.41, 5.74) is 0.00270. The van der Waals surface area contributed by atoms with Gasteiger partial charge in [-0.25, -0.2) is 13.8 Å². The molecule has 0 N–H and O–H groups in total. The highest BCUT2D eigenvalue weighted by atomic mass is 19.1. The maximum atomic E-state index is 13.7. The summed E-state index contributed by atoms with van der Waals surface area (Å²) in [6.45, 7) is 0. The lowest BCUT2D eigenvalue weighted by molar-refractivity contribution is 0.111. The van der Waals surface area contributed by atoms with Gasteiger partial charge in [0.15, 0.2) is 23.7 Å². The van der Waals surface area contributed by atoms with E-state index in [0.29, 0.717) is 6.29 Å². The summed E-state index contributed by atoms with van der Waals surface area (Å²) in [5.74, 6) is -2.20. The van der Waals surface area contributed by atoms with Crippen LogP contribution in [0.15, 0.2) is 18.2 Å². The first-order valence-electron chi connectivity index (χ1n) is 4.45. The van der Waals surface area contributed by atoms with Gasteiger partial charge in [-0.15, -0.1) is 0 Å². The number of halogens is 2. The van der Waals surface area contributed by atoms with Crippen LogP contribution in [-0.2, 0) is 0 Å². The number of hydrogen-bond donors (Lipinski definition) is 0. The van der Waals surface area contributed by atoms with Gasteiger partial charge >= 0.3 is 0 Å². The molecule has 0 aliphatic rings. The van der Waals surface area contributed by atoms with Crippen molar-refractivity contribution in [1.82, 2.24) is 4.98 Å². The second-order valence-electron chi connectivity index (χ2n) is 3.13. The van der Waals surface area contributed by atoms with Crippen LogP contribution in [0, 0.1) is 11.6 Å². The topological polar surface area (TPSA) is 39.2 Å². The van der Waals surface area contributed by atoms with Gasteiger partial charge in [0.1, 0.15) is 11.2 Å². The number of ether oxygens (including phenoxy) is 1. The van der Waals surface area contributed by atoms with Crippen molar-refractivity contribution in [3.63, 3.8) is 0 Å². The molecule has 16 heavy (non-hydrogen) atoms. The van der Waals surface area contributed by atoms with E-state index in [9.17, 15) is 13.6 Å². The minimum Gasteiger partial charge on any atom is -0.491 e. The van der Waals surface area contributed by atoms with Crippen LogP contribution in [0.1, 0.15) is 10.5 Å². The average molecular weight is 223 g/mol. The first-order chi connectivity index (χ1) is 7.67. The fourth-order valence-electron chi connectivity index (χ4n) is 1.44. The molecule has 2 aromatic rings. The Labute approximate surface area is 89.7 Å². The Kier molecular flexibility index (Phi) is 2.52. The number of carbonyl (C=O) groups excluding carboxylic acids is 1. The second-order valence-corrected chi connectivity index (χ2v) is 3.13. The van der Waals surface area contributed by atoms with E-state index in [1.54, 1.807) is 0 Å². The number of hydrogen-bond acceptors (Lipinski definition) is 3. The van der Waals surface area contributed by atoms with Crippen LogP contribution in [-0.4, -0.2) is 18.4 Å². The predicted octanol–water partition coefficient (Wildman–Crippen LogP) is 2.33. The average Bonchev–Trinajstić information content (AvgIpc) is 2.29. The number of rotatable bonds is 2. The Balaban J connectivity index is 2.83. The van der Waals surface area contributed by atoms with Crippen LogP contribution in [0.3, 0.4) is 0 Å². The molecule has 0 aliphatic heterocycles. The van der Waals surface area contributed by atoms with Crippen LogP contribution in [0.4, 0.5) is 8.78 Å². The van der Waals surface area contributed by atoms with Crippen molar-refractivity contribution >= 4 is 17.2 Å². The van der Waals surface area contributed by atoms with Crippen LogP contribution < -0.4 is 4.74 Å². The molecular weight excluding hydrogens is 216 g/mol. The van der Waals surface area contributed by atoms with E-state index in [0.717, 1.165) is 13.2 Å². The molecule has 0 saturated heterocycles. The number of aromatic nitrogens is 1. The van der Waals surface area contributed by atoms with Gasteiger partial charge in [0, 0.05) is 5.39 Å². The van der Waals surface area contributed by atoms with E-state index in [4.69, 9.17) is 0 Å². The van der Waals surface area contributed by atoms with Gasteiger partial charge in [-0.3, -0.25) is 4.79 Å². The molecule has 0 fully saturated rings. The normalized spacial score (nSPS) is 10.4. The minimum atomic E-state index is -0.902. The molecule has 2 rings (SSSR count). The zero-order valence-electron chi connectivity index (χ0n) is 8.33.